The molecule has 0 aromatic heterocycles. The van der Waals surface area contributed by atoms with Crippen molar-refractivity contribution in [2.24, 2.45) is 11.7 Å². The van der Waals surface area contributed by atoms with Crippen LogP contribution >= 0.6 is 12.4 Å². The summed E-state index contributed by atoms with van der Waals surface area (Å²) in [4.78, 5) is 25.7. The summed E-state index contributed by atoms with van der Waals surface area (Å²) in [6.45, 7) is 1.32. The maximum Gasteiger partial charge on any atom is 0.227 e. The quantitative estimate of drug-likeness (QED) is 0.842. The van der Waals surface area contributed by atoms with Crippen molar-refractivity contribution in [1.82, 2.24) is 5.32 Å². The number of nitrogens with zero attached hydrogens (tertiary/aromatic N) is 1. The van der Waals surface area contributed by atoms with Gasteiger partial charge in [0.1, 0.15) is 0 Å². The van der Waals surface area contributed by atoms with E-state index in [0.29, 0.717) is 25.3 Å². The van der Waals surface area contributed by atoms with Crippen molar-refractivity contribution >= 4 is 29.9 Å². The Labute approximate surface area is 155 Å². The summed E-state index contributed by atoms with van der Waals surface area (Å²) >= 11 is 0. The molecule has 25 heavy (non-hydrogen) atoms. The topological polar surface area (TPSA) is 75.4 Å². The van der Waals surface area contributed by atoms with Crippen LogP contribution in [0.25, 0.3) is 0 Å². The van der Waals surface area contributed by atoms with Crippen LogP contribution in [0, 0.1) is 5.92 Å². The largest absolute Gasteiger partial charge is 0.352 e. The van der Waals surface area contributed by atoms with Gasteiger partial charge in [-0.15, -0.1) is 12.4 Å². The number of amides is 2. The first kappa shape index (κ1) is 19.7. The molecule has 0 radical (unpaired) electrons. The first-order valence-corrected chi connectivity index (χ1v) is 9.05. The normalized spacial score (nSPS) is 23.2. The van der Waals surface area contributed by atoms with Gasteiger partial charge in [0.25, 0.3) is 0 Å². The van der Waals surface area contributed by atoms with Crippen molar-refractivity contribution in [2.75, 3.05) is 11.4 Å². The van der Waals surface area contributed by atoms with Crippen LogP contribution in [0.4, 0.5) is 5.69 Å². The summed E-state index contributed by atoms with van der Waals surface area (Å²) in [5.74, 6) is 0.596. The number of benzene rings is 1. The van der Waals surface area contributed by atoms with Crippen LogP contribution < -0.4 is 16.0 Å². The van der Waals surface area contributed by atoms with E-state index in [1.54, 1.807) is 0 Å². The van der Waals surface area contributed by atoms with Gasteiger partial charge in [0.05, 0.1) is 0 Å². The smallest absolute Gasteiger partial charge is 0.227 e. The molecule has 2 fully saturated rings. The second kappa shape index (κ2) is 9.20. The van der Waals surface area contributed by atoms with Gasteiger partial charge in [-0.1, -0.05) is 25.0 Å². The van der Waals surface area contributed by atoms with Gasteiger partial charge in [0, 0.05) is 37.7 Å². The van der Waals surface area contributed by atoms with E-state index < -0.39 is 0 Å². The van der Waals surface area contributed by atoms with Crippen LogP contribution in [0.3, 0.4) is 0 Å². The molecule has 0 spiro atoms. The molecule has 138 valence electrons. The molecule has 1 saturated heterocycles. The highest BCUT2D eigenvalue weighted by Gasteiger charge is 2.24. The second-order valence-electron chi connectivity index (χ2n) is 7.00. The molecule has 3 N–H and O–H groups in total. The number of hydrogen-bond acceptors (Lipinski definition) is 3. The van der Waals surface area contributed by atoms with Crippen molar-refractivity contribution in [1.29, 1.82) is 0 Å². The van der Waals surface area contributed by atoms with Crippen LogP contribution in [0.1, 0.15) is 50.5 Å². The van der Waals surface area contributed by atoms with E-state index in [-0.39, 0.29) is 30.3 Å². The number of hydrogen-bond donors (Lipinski definition) is 2. The van der Waals surface area contributed by atoms with E-state index in [0.717, 1.165) is 37.1 Å². The predicted octanol–water partition coefficient (Wildman–Crippen LogP) is 2.76. The molecule has 1 heterocycles. The maximum atomic E-state index is 12.1. The van der Waals surface area contributed by atoms with Crippen LogP contribution in [-0.4, -0.2) is 24.4 Å². The molecule has 2 unspecified atom stereocenters. The summed E-state index contributed by atoms with van der Waals surface area (Å²) in [6.07, 6.45) is 6.57. The fraction of sp³-hybridized carbons (Fsp3) is 0.579. The average Bonchev–Trinajstić information content (AvgIpc) is 3.02. The summed E-state index contributed by atoms with van der Waals surface area (Å²) in [7, 11) is 0. The Bertz CT molecular complexity index is 591. The lowest BCUT2D eigenvalue weighted by molar-refractivity contribution is -0.122. The fourth-order valence-electron chi connectivity index (χ4n) is 3.72. The first-order valence-electron chi connectivity index (χ1n) is 9.05. The van der Waals surface area contributed by atoms with E-state index in [2.05, 4.69) is 5.32 Å². The van der Waals surface area contributed by atoms with Crippen molar-refractivity contribution in [2.45, 2.75) is 57.5 Å². The molecule has 1 aromatic carbocycles. The number of anilines is 1. The van der Waals surface area contributed by atoms with Crippen LogP contribution in [-0.2, 0) is 16.1 Å². The van der Waals surface area contributed by atoms with Gasteiger partial charge in [-0.2, -0.15) is 0 Å². The van der Waals surface area contributed by atoms with Crippen LogP contribution in [0.5, 0.6) is 0 Å². The predicted molar refractivity (Wildman–Crippen MR) is 102 cm³/mol. The van der Waals surface area contributed by atoms with Gasteiger partial charge < -0.3 is 16.0 Å². The number of nitrogens with two attached hydrogens (primary N) is 1. The minimum Gasteiger partial charge on any atom is -0.352 e. The van der Waals surface area contributed by atoms with Crippen molar-refractivity contribution in [3.05, 3.63) is 29.8 Å². The van der Waals surface area contributed by atoms with Gasteiger partial charge in [-0.05, 0) is 42.9 Å². The number of carbonyl (C=O) groups excluding carboxylic acids is 2. The van der Waals surface area contributed by atoms with E-state index in [1.165, 1.54) is 12.8 Å². The van der Waals surface area contributed by atoms with Gasteiger partial charge >= 0.3 is 0 Å². The number of carbonyl (C=O) groups is 2. The lowest BCUT2D eigenvalue weighted by atomic mass is 9.83. The monoisotopic (exact) mass is 365 g/mol. The Morgan fingerprint density at radius 2 is 1.88 bits per heavy atom. The average molecular weight is 366 g/mol. The molecule has 1 saturated carbocycles. The molecule has 3 rings (SSSR count). The van der Waals surface area contributed by atoms with Gasteiger partial charge in [-0.3, -0.25) is 9.59 Å². The zero-order chi connectivity index (χ0) is 16.9. The van der Waals surface area contributed by atoms with Gasteiger partial charge in [0.2, 0.25) is 11.8 Å². The van der Waals surface area contributed by atoms with Gasteiger partial charge in [-0.25, -0.2) is 0 Å². The fourth-order valence-corrected chi connectivity index (χ4v) is 3.72. The highest BCUT2D eigenvalue weighted by atomic mass is 35.5. The molecule has 2 amide bonds. The second-order valence-corrected chi connectivity index (χ2v) is 7.00. The van der Waals surface area contributed by atoms with E-state index in [9.17, 15) is 9.59 Å². The third-order valence-corrected chi connectivity index (χ3v) is 5.23. The van der Waals surface area contributed by atoms with Gasteiger partial charge in [0.15, 0.2) is 0 Å². The molecule has 1 aliphatic heterocycles. The molecule has 1 aliphatic carbocycles. The number of rotatable bonds is 5. The summed E-state index contributed by atoms with van der Waals surface area (Å²) in [5, 5.41) is 2.99. The lowest BCUT2D eigenvalue weighted by Gasteiger charge is -2.27. The molecular weight excluding hydrogens is 338 g/mol. The molecule has 6 heteroatoms. The Morgan fingerprint density at radius 3 is 2.52 bits per heavy atom. The van der Waals surface area contributed by atoms with Crippen LogP contribution in [0.15, 0.2) is 24.3 Å². The minimum absolute atomic E-state index is 0. The standard InChI is InChI=1S/C19H27N3O2.ClH/c20-17-5-2-1-4-15(17)12-18(23)21-13-14-7-9-16(10-8-14)22-11-3-6-19(22)24;/h7-10,15,17H,1-6,11-13,20H2,(H,21,23);1H. The molecule has 2 aliphatic rings. The first-order chi connectivity index (χ1) is 11.6. The lowest BCUT2D eigenvalue weighted by Crippen LogP contribution is -2.37. The SMILES string of the molecule is Cl.NC1CCCCC1CC(=O)NCc1ccc(N2CCCC2=O)cc1. The Morgan fingerprint density at radius 1 is 1.16 bits per heavy atom. The minimum atomic E-state index is 0. The third kappa shape index (κ3) is 5.19. The molecular formula is C19H28ClN3O2. The van der Waals surface area contributed by atoms with E-state index >= 15 is 0 Å². The van der Waals surface area contributed by atoms with Crippen molar-refractivity contribution in [3.8, 4) is 0 Å². The van der Waals surface area contributed by atoms with E-state index in [4.69, 9.17) is 5.73 Å². The Hall–Kier alpha value is -1.59. The maximum absolute atomic E-state index is 12.1. The van der Waals surface area contributed by atoms with Crippen molar-refractivity contribution in [3.63, 3.8) is 0 Å². The molecule has 1 aromatic rings. The number of nitrogens with one attached hydrogen (secondary N) is 1. The van der Waals surface area contributed by atoms with E-state index in [1.807, 2.05) is 29.2 Å². The highest BCUT2D eigenvalue weighted by Crippen LogP contribution is 2.25. The Kier molecular flexibility index (Phi) is 7.26. The molecule has 2 atom stereocenters. The third-order valence-electron chi connectivity index (χ3n) is 5.23. The summed E-state index contributed by atoms with van der Waals surface area (Å²) < 4.78 is 0. The molecule has 0 bridgehead atoms. The zero-order valence-electron chi connectivity index (χ0n) is 14.6. The Balaban J connectivity index is 0.00000225. The highest BCUT2D eigenvalue weighted by molar-refractivity contribution is 5.95. The zero-order valence-corrected chi connectivity index (χ0v) is 15.4. The van der Waals surface area contributed by atoms with Crippen molar-refractivity contribution < 1.29 is 9.59 Å². The van der Waals surface area contributed by atoms with Crippen LogP contribution in [0.2, 0.25) is 0 Å². The summed E-state index contributed by atoms with van der Waals surface area (Å²) in [5.41, 5.74) is 8.10. The summed E-state index contributed by atoms with van der Waals surface area (Å²) in [6, 6.07) is 8.05. The molecule has 5 nitrogen and oxygen atoms in total. The number of halogens is 1.